The third-order valence-electron chi connectivity index (χ3n) is 7.60. The van der Waals surface area contributed by atoms with Crippen LogP contribution in [0.4, 0.5) is 20.5 Å². The highest BCUT2D eigenvalue weighted by Crippen LogP contribution is 2.31. The number of β-amino-alcohol motifs (C(OH)–C–C–N with tert-alkyl or cyclic N) is 1. The third kappa shape index (κ3) is 5.41. The molecule has 2 atom stereocenters. The number of halogens is 2. The van der Waals surface area contributed by atoms with Crippen molar-refractivity contribution in [3.8, 4) is 11.3 Å². The van der Waals surface area contributed by atoms with Crippen LogP contribution in [-0.4, -0.2) is 71.8 Å². The molecule has 1 saturated heterocycles. The molecule has 4 heterocycles. The van der Waals surface area contributed by atoms with Crippen molar-refractivity contribution in [3.63, 3.8) is 0 Å². The second-order valence-corrected chi connectivity index (χ2v) is 10.5. The number of aliphatic hydroxyl groups is 1. The lowest BCUT2D eigenvalue weighted by Gasteiger charge is -2.41. The van der Waals surface area contributed by atoms with Crippen molar-refractivity contribution >= 4 is 22.8 Å². The Kier molecular flexibility index (Phi) is 8.07. The first-order chi connectivity index (χ1) is 19.2. The van der Waals surface area contributed by atoms with E-state index in [0.29, 0.717) is 29.3 Å². The maximum atomic E-state index is 15.0. The first-order valence-corrected chi connectivity index (χ1v) is 13.8. The predicted molar refractivity (Wildman–Crippen MR) is 151 cm³/mol. The highest BCUT2D eigenvalue weighted by atomic mass is 19.1. The summed E-state index contributed by atoms with van der Waals surface area (Å²) in [6.07, 6.45) is 3.28. The number of pyridine rings is 1. The molecule has 2 unspecified atom stereocenters. The molecule has 0 amide bonds. The average molecular weight is 551 g/mol. The SMILES string of the molecule is CCC(c1ccc(Nc2ncc(F)c(-c3cc(F)c4nc(C)n(C(C)C)c4c3)n2)nc1)N1CCN(CC)C(O)C1. The topological polar surface area (TPSA) is 95.2 Å². The van der Waals surface area contributed by atoms with Gasteiger partial charge in [0.15, 0.2) is 11.6 Å². The molecule has 9 nitrogen and oxygen atoms in total. The van der Waals surface area contributed by atoms with E-state index < -0.39 is 17.9 Å². The molecular weight excluding hydrogens is 514 g/mol. The van der Waals surface area contributed by atoms with Crippen molar-refractivity contribution < 1.29 is 13.9 Å². The fraction of sp³-hybridized carbons (Fsp3) is 0.448. The summed E-state index contributed by atoms with van der Waals surface area (Å²) >= 11 is 0. The van der Waals surface area contributed by atoms with Gasteiger partial charge in [-0.1, -0.05) is 19.9 Å². The predicted octanol–water partition coefficient (Wildman–Crippen LogP) is 5.21. The number of aryl methyl sites for hydroxylation is 1. The van der Waals surface area contributed by atoms with Gasteiger partial charge in [0.05, 0.1) is 11.7 Å². The fourth-order valence-electron chi connectivity index (χ4n) is 5.66. The van der Waals surface area contributed by atoms with Crippen molar-refractivity contribution in [2.45, 2.75) is 59.4 Å². The fourth-order valence-corrected chi connectivity index (χ4v) is 5.66. The molecule has 1 aliphatic heterocycles. The van der Waals surface area contributed by atoms with E-state index >= 15 is 4.39 Å². The highest BCUT2D eigenvalue weighted by molar-refractivity contribution is 5.83. The lowest BCUT2D eigenvalue weighted by Crippen LogP contribution is -2.53. The van der Waals surface area contributed by atoms with Gasteiger partial charge in [0, 0.05) is 43.5 Å². The van der Waals surface area contributed by atoms with E-state index in [9.17, 15) is 9.50 Å². The average Bonchev–Trinajstić information content (AvgIpc) is 3.28. The standard InChI is InChI=1S/C29H36F2N8O/c1-6-23(38-11-10-37(7-2)26(40)16-38)19-8-9-25(32-14-19)35-29-33-15-22(31)27(36-29)20-12-21(30)28-24(13-20)39(17(3)4)18(5)34-28/h8-9,12-15,17,23,26,40H,6-7,10-11,16H2,1-5H3,(H,32,33,35,36). The van der Waals surface area contributed by atoms with Crippen LogP contribution < -0.4 is 5.32 Å². The largest absolute Gasteiger partial charge is 0.377 e. The number of hydrogen-bond donors (Lipinski definition) is 2. The summed E-state index contributed by atoms with van der Waals surface area (Å²) in [5.41, 5.74) is 2.17. The van der Waals surface area contributed by atoms with Crippen molar-refractivity contribution in [1.82, 2.24) is 34.3 Å². The number of hydrogen-bond acceptors (Lipinski definition) is 8. The lowest BCUT2D eigenvalue weighted by molar-refractivity contribution is -0.0652. The summed E-state index contributed by atoms with van der Waals surface area (Å²) in [5.74, 6) is 0.148. The minimum Gasteiger partial charge on any atom is -0.377 e. The van der Waals surface area contributed by atoms with Gasteiger partial charge in [-0.3, -0.25) is 9.80 Å². The molecule has 11 heteroatoms. The molecule has 2 N–H and O–H groups in total. The molecule has 212 valence electrons. The van der Waals surface area contributed by atoms with Gasteiger partial charge in [-0.15, -0.1) is 0 Å². The van der Waals surface area contributed by atoms with Gasteiger partial charge in [-0.2, -0.15) is 0 Å². The zero-order valence-electron chi connectivity index (χ0n) is 23.6. The summed E-state index contributed by atoms with van der Waals surface area (Å²) in [6, 6.07) is 6.98. The number of benzene rings is 1. The summed E-state index contributed by atoms with van der Waals surface area (Å²) in [7, 11) is 0. The van der Waals surface area contributed by atoms with Crippen LogP contribution >= 0.6 is 0 Å². The molecule has 1 aliphatic rings. The maximum absolute atomic E-state index is 15.0. The molecule has 0 radical (unpaired) electrons. The summed E-state index contributed by atoms with van der Waals surface area (Å²) < 4.78 is 31.8. The van der Waals surface area contributed by atoms with Crippen molar-refractivity contribution in [1.29, 1.82) is 0 Å². The lowest BCUT2D eigenvalue weighted by atomic mass is 10.0. The highest BCUT2D eigenvalue weighted by Gasteiger charge is 2.29. The molecule has 1 fully saturated rings. The number of rotatable bonds is 8. The number of nitrogens with zero attached hydrogens (tertiary/aromatic N) is 7. The number of piperazine rings is 1. The molecule has 0 saturated carbocycles. The minimum absolute atomic E-state index is 0.0140. The van der Waals surface area contributed by atoms with E-state index in [1.165, 1.54) is 6.07 Å². The molecule has 1 aromatic carbocycles. The number of fused-ring (bicyclic) bond motifs is 1. The van der Waals surface area contributed by atoms with E-state index in [0.717, 1.165) is 37.8 Å². The molecule has 40 heavy (non-hydrogen) atoms. The molecular formula is C29H36F2N8O. The summed E-state index contributed by atoms with van der Waals surface area (Å²) in [5, 5.41) is 13.5. The Labute approximate surface area is 232 Å². The quantitative estimate of drug-likeness (QED) is 0.309. The van der Waals surface area contributed by atoms with Crippen LogP contribution in [0.15, 0.2) is 36.7 Å². The number of likely N-dealkylation sites (N-methyl/N-ethyl adjacent to an activating group) is 1. The monoisotopic (exact) mass is 550 g/mol. The molecule has 4 aromatic rings. The smallest absolute Gasteiger partial charge is 0.229 e. The Hall–Kier alpha value is -3.54. The van der Waals surface area contributed by atoms with E-state index in [1.54, 1.807) is 12.3 Å². The van der Waals surface area contributed by atoms with Crippen LogP contribution in [0, 0.1) is 18.6 Å². The Morgan fingerprint density at radius 2 is 1.85 bits per heavy atom. The molecule has 0 spiro atoms. The van der Waals surface area contributed by atoms with Gasteiger partial charge in [0.2, 0.25) is 5.95 Å². The Bertz CT molecular complexity index is 1490. The van der Waals surface area contributed by atoms with Crippen molar-refractivity contribution in [2.24, 2.45) is 0 Å². The van der Waals surface area contributed by atoms with Crippen molar-refractivity contribution in [3.05, 3.63) is 59.7 Å². The van der Waals surface area contributed by atoms with Crippen LogP contribution in [0.25, 0.3) is 22.3 Å². The van der Waals surface area contributed by atoms with Gasteiger partial charge >= 0.3 is 0 Å². The summed E-state index contributed by atoms with van der Waals surface area (Å²) in [4.78, 5) is 21.7. The first kappa shape index (κ1) is 28.0. The van der Waals surface area contributed by atoms with Gasteiger partial charge < -0.3 is 15.0 Å². The Morgan fingerprint density at radius 1 is 1.05 bits per heavy atom. The zero-order valence-corrected chi connectivity index (χ0v) is 23.6. The van der Waals surface area contributed by atoms with Gasteiger partial charge in [-0.05, 0) is 57.5 Å². The van der Waals surface area contributed by atoms with E-state index in [2.05, 4.69) is 48.9 Å². The van der Waals surface area contributed by atoms with Crippen LogP contribution in [0.2, 0.25) is 0 Å². The molecule has 0 bridgehead atoms. The van der Waals surface area contributed by atoms with Crippen LogP contribution in [0.5, 0.6) is 0 Å². The van der Waals surface area contributed by atoms with E-state index in [-0.39, 0.29) is 29.2 Å². The normalized spacial score (nSPS) is 17.6. The first-order valence-electron chi connectivity index (χ1n) is 13.8. The van der Waals surface area contributed by atoms with E-state index in [4.69, 9.17) is 0 Å². The number of aliphatic hydroxyl groups excluding tert-OH is 1. The van der Waals surface area contributed by atoms with Gasteiger partial charge in [-0.25, -0.2) is 28.7 Å². The Morgan fingerprint density at radius 3 is 2.50 bits per heavy atom. The zero-order chi connectivity index (χ0) is 28.6. The maximum Gasteiger partial charge on any atom is 0.229 e. The van der Waals surface area contributed by atoms with Crippen LogP contribution in [0.3, 0.4) is 0 Å². The van der Waals surface area contributed by atoms with E-state index in [1.807, 2.05) is 37.5 Å². The Balaban J connectivity index is 1.37. The number of nitrogens with one attached hydrogen (secondary N) is 1. The number of aromatic nitrogens is 5. The third-order valence-corrected chi connectivity index (χ3v) is 7.60. The number of anilines is 2. The molecule has 3 aromatic heterocycles. The van der Waals surface area contributed by atoms with Crippen LogP contribution in [-0.2, 0) is 0 Å². The molecule has 0 aliphatic carbocycles. The second-order valence-electron chi connectivity index (χ2n) is 10.5. The number of imidazole rings is 1. The summed E-state index contributed by atoms with van der Waals surface area (Å²) in [6.45, 7) is 13.1. The second kappa shape index (κ2) is 11.5. The van der Waals surface area contributed by atoms with Gasteiger partial charge in [0.1, 0.15) is 29.1 Å². The van der Waals surface area contributed by atoms with Crippen molar-refractivity contribution in [2.75, 3.05) is 31.5 Å². The van der Waals surface area contributed by atoms with Crippen LogP contribution in [0.1, 0.15) is 57.6 Å². The minimum atomic E-state index is -0.656. The van der Waals surface area contributed by atoms with Gasteiger partial charge in [0.25, 0.3) is 0 Å². The molecule has 5 rings (SSSR count).